The Hall–Kier alpha value is -1.36. The fraction of sp³-hybridized carbons (Fsp3) is 0.692. The third-order valence-corrected chi connectivity index (χ3v) is 3.26. The zero-order chi connectivity index (χ0) is 13.2. The van der Waals surface area contributed by atoms with E-state index < -0.39 is 0 Å². The number of amides is 2. The van der Waals surface area contributed by atoms with Crippen molar-refractivity contribution in [1.29, 1.82) is 0 Å². The standard InChI is InChI=1S/C12H20N2O3.CH4/c1-8-7-14(12(16)10(8)3)9(2)6-11(15)13(4)17-5;/h9H,6-7H2,1-5H3;1H4. The van der Waals surface area contributed by atoms with E-state index in [1.807, 2.05) is 20.8 Å². The maximum atomic E-state index is 11.9. The van der Waals surface area contributed by atoms with Crippen LogP contribution >= 0.6 is 0 Å². The summed E-state index contributed by atoms with van der Waals surface area (Å²) in [5.74, 6) is -0.0992. The van der Waals surface area contributed by atoms with Gasteiger partial charge in [0.05, 0.1) is 7.11 Å². The Morgan fingerprint density at radius 1 is 1.50 bits per heavy atom. The van der Waals surface area contributed by atoms with Gasteiger partial charge >= 0.3 is 0 Å². The molecule has 1 aliphatic rings. The van der Waals surface area contributed by atoms with Crippen molar-refractivity contribution in [3.05, 3.63) is 11.1 Å². The van der Waals surface area contributed by atoms with Crippen molar-refractivity contribution in [3.8, 4) is 0 Å². The van der Waals surface area contributed by atoms with Crippen molar-refractivity contribution in [2.75, 3.05) is 20.7 Å². The summed E-state index contributed by atoms with van der Waals surface area (Å²) in [6.45, 7) is 6.28. The molecule has 0 saturated carbocycles. The van der Waals surface area contributed by atoms with Crippen LogP contribution in [0.2, 0.25) is 0 Å². The van der Waals surface area contributed by atoms with Gasteiger partial charge in [-0.2, -0.15) is 0 Å². The van der Waals surface area contributed by atoms with Gasteiger partial charge in [0.2, 0.25) is 11.8 Å². The number of hydrogen-bond acceptors (Lipinski definition) is 3. The predicted molar refractivity (Wildman–Crippen MR) is 70.7 cm³/mol. The summed E-state index contributed by atoms with van der Waals surface area (Å²) in [6, 6.07) is -0.111. The molecule has 0 aromatic rings. The van der Waals surface area contributed by atoms with Crippen LogP contribution in [0.3, 0.4) is 0 Å². The molecule has 5 nitrogen and oxygen atoms in total. The van der Waals surface area contributed by atoms with E-state index in [-0.39, 0.29) is 31.7 Å². The summed E-state index contributed by atoms with van der Waals surface area (Å²) in [5, 5.41) is 1.18. The highest BCUT2D eigenvalue weighted by Gasteiger charge is 2.30. The summed E-state index contributed by atoms with van der Waals surface area (Å²) < 4.78 is 0. The number of hydroxylamine groups is 2. The van der Waals surface area contributed by atoms with Crippen molar-refractivity contribution >= 4 is 11.8 Å². The average Bonchev–Trinajstić information content (AvgIpc) is 2.55. The molecule has 0 saturated heterocycles. The van der Waals surface area contributed by atoms with Gasteiger partial charge in [-0.15, -0.1) is 0 Å². The summed E-state index contributed by atoms with van der Waals surface area (Å²) >= 11 is 0. The van der Waals surface area contributed by atoms with Gasteiger partial charge in [0.1, 0.15) is 0 Å². The molecule has 0 aliphatic carbocycles. The van der Waals surface area contributed by atoms with Crippen LogP contribution in [0.1, 0.15) is 34.6 Å². The van der Waals surface area contributed by atoms with Gasteiger partial charge in [-0.25, -0.2) is 5.06 Å². The fourth-order valence-electron chi connectivity index (χ4n) is 1.79. The van der Waals surface area contributed by atoms with Crippen molar-refractivity contribution in [2.45, 2.75) is 40.7 Å². The molecule has 5 heteroatoms. The quantitative estimate of drug-likeness (QED) is 0.718. The topological polar surface area (TPSA) is 49.9 Å². The van der Waals surface area contributed by atoms with Crippen LogP contribution in [0, 0.1) is 0 Å². The lowest BCUT2D eigenvalue weighted by Gasteiger charge is -2.26. The second kappa shape index (κ2) is 6.54. The van der Waals surface area contributed by atoms with Gasteiger partial charge in [-0.05, 0) is 26.3 Å². The van der Waals surface area contributed by atoms with Crippen LogP contribution in [-0.2, 0) is 14.4 Å². The number of carbonyl (C=O) groups is 2. The molecule has 1 unspecified atom stereocenters. The maximum Gasteiger partial charge on any atom is 0.250 e. The van der Waals surface area contributed by atoms with Gasteiger partial charge in [-0.3, -0.25) is 14.4 Å². The SMILES string of the molecule is C.CON(C)C(=O)CC(C)N1CC(C)=C(C)C1=O. The van der Waals surface area contributed by atoms with Crippen molar-refractivity contribution < 1.29 is 14.4 Å². The summed E-state index contributed by atoms with van der Waals surface area (Å²) in [5.41, 5.74) is 1.87. The Balaban J connectivity index is 0.00000289. The van der Waals surface area contributed by atoms with E-state index in [9.17, 15) is 9.59 Å². The first-order valence-corrected chi connectivity index (χ1v) is 5.66. The van der Waals surface area contributed by atoms with E-state index >= 15 is 0 Å². The maximum absolute atomic E-state index is 11.9. The number of nitrogens with zero attached hydrogens (tertiary/aromatic N) is 2. The Morgan fingerprint density at radius 3 is 2.44 bits per heavy atom. The number of hydrogen-bond donors (Lipinski definition) is 0. The third kappa shape index (κ3) is 3.32. The summed E-state index contributed by atoms with van der Waals surface area (Å²) in [4.78, 5) is 30.1. The molecular weight excluding hydrogens is 232 g/mol. The minimum absolute atomic E-state index is 0. The molecule has 0 spiro atoms. The van der Waals surface area contributed by atoms with Crippen molar-refractivity contribution in [1.82, 2.24) is 9.96 Å². The minimum atomic E-state index is -0.130. The Kier molecular flexibility index (Phi) is 6.05. The molecule has 0 aromatic heterocycles. The monoisotopic (exact) mass is 256 g/mol. The molecule has 104 valence electrons. The summed E-state index contributed by atoms with van der Waals surface area (Å²) in [6.07, 6.45) is 0.274. The molecule has 1 atom stereocenters. The lowest BCUT2D eigenvalue weighted by atomic mass is 10.2. The average molecular weight is 256 g/mol. The van der Waals surface area contributed by atoms with E-state index in [0.717, 1.165) is 11.1 Å². The molecule has 1 aliphatic heterocycles. The molecule has 1 heterocycles. The van der Waals surface area contributed by atoms with Crippen molar-refractivity contribution in [3.63, 3.8) is 0 Å². The van der Waals surface area contributed by atoms with Gasteiger partial charge in [0.15, 0.2) is 0 Å². The highest BCUT2D eigenvalue weighted by atomic mass is 16.7. The van der Waals surface area contributed by atoms with Crippen LogP contribution in [0.5, 0.6) is 0 Å². The molecule has 0 aromatic carbocycles. The van der Waals surface area contributed by atoms with Crippen LogP contribution in [0.4, 0.5) is 0 Å². The number of rotatable bonds is 4. The van der Waals surface area contributed by atoms with Crippen molar-refractivity contribution in [2.24, 2.45) is 0 Å². The molecule has 18 heavy (non-hydrogen) atoms. The molecule has 0 N–H and O–H groups in total. The van der Waals surface area contributed by atoms with E-state index in [1.54, 1.807) is 11.9 Å². The van der Waals surface area contributed by atoms with Gasteiger partial charge in [0, 0.05) is 31.6 Å². The fourth-order valence-corrected chi connectivity index (χ4v) is 1.79. The molecule has 0 radical (unpaired) electrons. The first-order chi connectivity index (χ1) is 7.88. The zero-order valence-corrected chi connectivity index (χ0v) is 11.1. The lowest BCUT2D eigenvalue weighted by molar-refractivity contribution is -0.169. The summed E-state index contributed by atoms with van der Waals surface area (Å²) in [7, 11) is 3.01. The van der Waals surface area contributed by atoms with E-state index in [1.165, 1.54) is 12.2 Å². The molecule has 0 bridgehead atoms. The molecular formula is C13H24N2O3. The normalized spacial score (nSPS) is 16.7. The first-order valence-electron chi connectivity index (χ1n) is 5.66. The largest absolute Gasteiger partial charge is 0.332 e. The smallest absolute Gasteiger partial charge is 0.250 e. The third-order valence-electron chi connectivity index (χ3n) is 3.26. The highest BCUT2D eigenvalue weighted by Crippen LogP contribution is 2.21. The Morgan fingerprint density at radius 2 is 2.06 bits per heavy atom. The van der Waals surface area contributed by atoms with Crippen LogP contribution in [0.15, 0.2) is 11.1 Å². The van der Waals surface area contributed by atoms with Crippen LogP contribution in [0.25, 0.3) is 0 Å². The second-order valence-electron chi connectivity index (χ2n) is 4.47. The molecule has 0 fully saturated rings. The molecule has 2 amide bonds. The van der Waals surface area contributed by atoms with Crippen LogP contribution in [-0.4, -0.2) is 48.5 Å². The van der Waals surface area contributed by atoms with Gasteiger partial charge in [-0.1, -0.05) is 7.43 Å². The van der Waals surface area contributed by atoms with Gasteiger partial charge < -0.3 is 4.90 Å². The highest BCUT2D eigenvalue weighted by molar-refractivity contribution is 5.96. The number of carbonyl (C=O) groups excluding carboxylic acids is 2. The van der Waals surface area contributed by atoms with E-state index in [0.29, 0.717) is 6.54 Å². The first kappa shape index (κ1) is 16.6. The Labute approximate surface area is 109 Å². The van der Waals surface area contributed by atoms with E-state index in [4.69, 9.17) is 4.84 Å². The van der Waals surface area contributed by atoms with Crippen LogP contribution < -0.4 is 0 Å². The minimum Gasteiger partial charge on any atom is -0.332 e. The zero-order valence-electron chi connectivity index (χ0n) is 11.1. The second-order valence-corrected chi connectivity index (χ2v) is 4.47. The molecule has 1 rings (SSSR count). The Bertz CT molecular complexity index is 363. The predicted octanol–water partition coefficient (Wildman–Crippen LogP) is 1.60. The van der Waals surface area contributed by atoms with E-state index in [2.05, 4.69) is 0 Å². The lowest BCUT2D eigenvalue weighted by Crippen LogP contribution is -2.39. The van der Waals surface area contributed by atoms with Gasteiger partial charge in [0.25, 0.3) is 0 Å².